The van der Waals surface area contributed by atoms with Gasteiger partial charge in [-0.1, -0.05) is 18.2 Å². The van der Waals surface area contributed by atoms with Crippen molar-refractivity contribution in [3.63, 3.8) is 0 Å². The van der Waals surface area contributed by atoms with Crippen LogP contribution in [0, 0.1) is 0 Å². The third kappa shape index (κ3) is 3.55. The summed E-state index contributed by atoms with van der Waals surface area (Å²) >= 11 is 1.86. The topological polar surface area (TPSA) is 12.0 Å². The van der Waals surface area contributed by atoms with Crippen molar-refractivity contribution in [1.29, 1.82) is 0 Å². The molecule has 92 valence electrons. The molecular weight excluding hydrogens is 226 g/mol. The van der Waals surface area contributed by atoms with E-state index in [4.69, 9.17) is 0 Å². The van der Waals surface area contributed by atoms with Gasteiger partial charge in [0.25, 0.3) is 0 Å². The lowest BCUT2D eigenvalue weighted by Gasteiger charge is -2.20. The molecule has 0 saturated carbocycles. The molecule has 0 fully saturated rings. The summed E-state index contributed by atoms with van der Waals surface area (Å²) in [6.45, 7) is 7.73. The lowest BCUT2D eigenvalue weighted by Crippen LogP contribution is -2.36. The van der Waals surface area contributed by atoms with Gasteiger partial charge in [-0.25, -0.2) is 0 Å². The van der Waals surface area contributed by atoms with Crippen molar-refractivity contribution in [3.8, 4) is 0 Å². The summed E-state index contributed by atoms with van der Waals surface area (Å²) in [4.78, 5) is 0. The van der Waals surface area contributed by atoms with Crippen LogP contribution >= 0.6 is 11.3 Å². The van der Waals surface area contributed by atoms with Gasteiger partial charge in [0.1, 0.15) is 0 Å². The highest BCUT2D eigenvalue weighted by Crippen LogP contribution is 2.25. The summed E-state index contributed by atoms with van der Waals surface area (Å²) < 4.78 is 1.46. The van der Waals surface area contributed by atoms with E-state index in [9.17, 15) is 0 Å². The number of rotatable bonds is 4. The first-order valence-corrected chi connectivity index (χ1v) is 7.14. The van der Waals surface area contributed by atoms with E-state index in [-0.39, 0.29) is 5.54 Å². The SMILES string of the molecule is CC(C)(C)NCCCc1cccc2ccsc12. The zero-order valence-corrected chi connectivity index (χ0v) is 11.7. The first kappa shape index (κ1) is 12.6. The van der Waals surface area contributed by atoms with Crippen LogP contribution in [0.15, 0.2) is 29.6 Å². The highest BCUT2D eigenvalue weighted by Gasteiger charge is 2.08. The maximum atomic E-state index is 3.54. The zero-order valence-electron chi connectivity index (χ0n) is 10.9. The molecule has 0 aliphatic rings. The van der Waals surface area contributed by atoms with Gasteiger partial charge in [-0.3, -0.25) is 0 Å². The minimum absolute atomic E-state index is 0.231. The number of benzene rings is 1. The van der Waals surface area contributed by atoms with Crippen molar-refractivity contribution in [1.82, 2.24) is 5.32 Å². The molecule has 1 nitrogen and oxygen atoms in total. The highest BCUT2D eigenvalue weighted by atomic mass is 32.1. The Hall–Kier alpha value is -0.860. The molecule has 0 spiro atoms. The number of aryl methyl sites for hydroxylation is 1. The van der Waals surface area contributed by atoms with Gasteiger partial charge in [0.2, 0.25) is 0 Å². The fourth-order valence-electron chi connectivity index (χ4n) is 1.99. The lowest BCUT2D eigenvalue weighted by molar-refractivity contribution is 0.422. The molecule has 1 aromatic heterocycles. The van der Waals surface area contributed by atoms with Crippen molar-refractivity contribution in [2.45, 2.75) is 39.2 Å². The Balaban J connectivity index is 1.93. The number of nitrogens with one attached hydrogen (secondary N) is 1. The molecule has 1 heterocycles. The van der Waals surface area contributed by atoms with E-state index in [2.05, 4.69) is 55.7 Å². The van der Waals surface area contributed by atoms with Gasteiger partial charge >= 0.3 is 0 Å². The maximum absolute atomic E-state index is 3.54. The Labute approximate surface area is 108 Å². The molecule has 0 amide bonds. The molecule has 0 atom stereocenters. The number of hydrogen-bond donors (Lipinski definition) is 1. The van der Waals surface area contributed by atoms with E-state index in [0.717, 1.165) is 6.54 Å². The molecule has 0 saturated heterocycles. The molecule has 2 rings (SSSR count). The third-order valence-corrected chi connectivity index (χ3v) is 3.84. The van der Waals surface area contributed by atoms with Gasteiger partial charge in [-0.15, -0.1) is 11.3 Å². The van der Waals surface area contributed by atoms with Crippen LogP contribution in [0.1, 0.15) is 32.8 Å². The standard InChI is InChI=1S/C15H21NS/c1-15(2,3)16-10-5-8-12-6-4-7-13-9-11-17-14(12)13/h4,6-7,9,11,16H,5,8,10H2,1-3H3. The average Bonchev–Trinajstić information content (AvgIpc) is 2.71. The second kappa shape index (κ2) is 5.19. The molecule has 1 aromatic carbocycles. The zero-order chi connectivity index (χ0) is 12.3. The second-order valence-corrected chi connectivity index (χ2v) is 6.45. The van der Waals surface area contributed by atoms with Gasteiger partial charge < -0.3 is 5.32 Å². The predicted octanol–water partition coefficient (Wildman–Crippen LogP) is 4.22. The fraction of sp³-hybridized carbons (Fsp3) is 0.467. The van der Waals surface area contributed by atoms with Crippen LogP contribution in [0.4, 0.5) is 0 Å². The van der Waals surface area contributed by atoms with Crippen molar-refractivity contribution in [3.05, 3.63) is 35.2 Å². The summed E-state index contributed by atoms with van der Waals surface area (Å²) in [7, 11) is 0. The Morgan fingerprint density at radius 3 is 2.76 bits per heavy atom. The molecular formula is C15H21NS. The van der Waals surface area contributed by atoms with Gasteiger partial charge in [-0.2, -0.15) is 0 Å². The normalized spacial score (nSPS) is 12.2. The van der Waals surface area contributed by atoms with Crippen LogP contribution in [-0.4, -0.2) is 12.1 Å². The Morgan fingerprint density at radius 1 is 1.18 bits per heavy atom. The second-order valence-electron chi connectivity index (χ2n) is 5.54. The van der Waals surface area contributed by atoms with Crippen LogP contribution in [0.25, 0.3) is 10.1 Å². The molecule has 0 aliphatic heterocycles. The monoisotopic (exact) mass is 247 g/mol. The highest BCUT2D eigenvalue weighted by molar-refractivity contribution is 7.17. The van der Waals surface area contributed by atoms with Gasteiger partial charge in [0.05, 0.1) is 0 Å². The third-order valence-electron chi connectivity index (χ3n) is 2.84. The number of thiophene rings is 1. The van der Waals surface area contributed by atoms with Crippen LogP contribution in [0.2, 0.25) is 0 Å². The van der Waals surface area contributed by atoms with Crippen LogP contribution < -0.4 is 5.32 Å². The quantitative estimate of drug-likeness (QED) is 0.798. The number of fused-ring (bicyclic) bond motifs is 1. The minimum Gasteiger partial charge on any atom is -0.312 e. The number of hydrogen-bond acceptors (Lipinski definition) is 2. The summed E-state index contributed by atoms with van der Waals surface area (Å²) in [5.74, 6) is 0. The molecule has 2 aromatic rings. The van der Waals surface area contributed by atoms with Crippen molar-refractivity contribution < 1.29 is 0 Å². The first-order chi connectivity index (χ1) is 8.06. The van der Waals surface area contributed by atoms with E-state index in [0.29, 0.717) is 0 Å². The van der Waals surface area contributed by atoms with Crippen molar-refractivity contribution in [2.75, 3.05) is 6.54 Å². The molecule has 0 unspecified atom stereocenters. The summed E-state index contributed by atoms with van der Waals surface area (Å²) in [5.41, 5.74) is 1.72. The van der Waals surface area contributed by atoms with Gasteiger partial charge in [-0.05, 0) is 62.6 Å². The van der Waals surface area contributed by atoms with E-state index >= 15 is 0 Å². The summed E-state index contributed by atoms with van der Waals surface area (Å²) in [6, 6.07) is 8.83. The lowest BCUT2D eigenvalue weighted by atomic mass is 10.1. The van der Waals surface area contributed by atoms with Crippen molar-refractivity contribution in [2.24, 2.45) is 0 Å². The first-order valence-electron chi connectivity index (χ1n) is 6.26. The van der Waals surface area contributed by atoms with Crippen LogP contribution in [-0.2, 0) is 6.42 Å². The van der Waals surface area contributed by atoms with E-state index < -0.39 is 0 Å². The van der Waals surface area contributed by atoms with Crippen LogP contribution in [0.5, 0.6) is 0 Å². The summed E-state index contributed by atoms with van der Waals surface area (Å²) in [6.07, 6.45) is 2.37. The molecule has 0 radical (unpaired) electrons. The van der Waals surface area contributed by atoms with Crippen molar-refractivity contribution >= 4 is 21.4 Å². The van der Waals surface area contributed by atoms with Gasteiger partial charge in [0.15, 0.2) is 0 Å². The summed E-state index contributed by atoms with van der Waals surface area (Å²) in [5, 5.41) is 7.10. The fourth-order valence-corrected chi connectivity index (χ4v) is 2.94. The largest absolute Gasteiger partial charge is 0.312 e. The predicted molar refractivity (Wildman–Crippen MR) is 77.9 cm³/mol. The molecule has 17 heavy (non-hydrogen) atoms. The Bertz CT molecular complexity index is 479. The maximum Gasteiger partial charge on any atom is 0.0374 e. The van der Waals surface area contributed by atoms with Gasteiger partial charge in [0, 0.05) is 10.2 Å². The van der Waals surface area contributed by atoms with E-state index in [1.165, 1.54) is 28.5 Å². The average molecular weight is 247 g/mol. The van der Waals surface area contributed by atoms with Crippen LogP contribution in [0.3, 0.4) is 0 Å². The van der Waals surface area contributed by atoms with E-state index in [1.807, 2.05) is 11.3 Å². The minimum atomic E-state index is 0.231. The molecule has 0 aliphatic carbocycles. The molecule has 2 heteroatoms. The smallest absolute Gasteiger partial charge is 0.0374 e. The Kier molecular flexibility index (Phi) is 3.85. The Morgan fingerprint density at radius 2 is 2.00 bits per heavy atom. The molecule has 1 N–H and O–H groups in total. The van der Waals surface area contributed by atoms with E-state index in [1.54, 1.807) is 0 Å². The molecule has 0 bridgehead atoms.